The molecule has 1 heterocycles. The van der Waals surface area contributed by atoms with E-state index in [4.69, 9.17) is 0 Å². The third-order valence-corrected chi connectivity index (χ3v) is 2.52. The van der Waals surface area contributed by atoms with E-state index in [0.29, 0.717) is 6.54 Å². The van der Waals surface area contributed by atoms with E-state index in [0.717, 1.165) is 5.56 Å². The molecule has 0 aromatic carbocycles. The van der Waals surface area contributed by atoms with Gasteiger partial charge < -0.3 is 10.1 Å². The molecular weight excluding hydrogens is 220 g/mol. The first-order valence-corrected chi connectivity index (χ1v) is 5.24. The van der Waals surface area contributed by atoms with Crippen LogP contribution in [0.25, 0.3) is 0 Å². The number of ether oxygens (including phenoxy) is 1. The maximum atomic E-state index is 11.3. The quantitative estimate of drug-likeness (QED) is 0.618. The summed E-state index contributed by atoms with van der Waals surface area (Å²) in [6, 6.07) is 3.76. The molecule has 0 atom stereocenters. The number of aromatic nitrogens is 1. The Morgan fingerprint density at radius 2 is 1.94 bits per heavy atom. The van der Waals surface area contributed by atoms with Gasteiger partial charge in [0, 0.05) is 24.4 Å². The van der Waals surface area contributed by atoms with Crippen molar-refractivity contribution >= 4 is 11.9 Å². The van der Waals surface area contributed by atoms with Crippen molar-refractivity contribution in [3.63, 3.8) is 0 Å². The van der Waals surface area contributed by atoms with Gasteiger partial charge in [0.2, 0.25) is 0 Å². The van der Waals surface area contributed by atoms with Crippen LogP contribution in [0.3, 0.4) is 0 Å². The standard InChI is InChI=1S/C12H16N2O3/c1-12(2,9-4-6-13-7-5-9)8-14-10(15)11(16)17-3/h4-7H,8H2,1-3H3,(H,14,15). The van der Waals surface area contributed by atoms with Gasteiger partial charge in [0.25, 0.3) is 0 Å². The highest BCUT2D eigenvalue weighted by atomic mass is 16.5. The molecule has 0 radical (unpaired) electrons. The number of nitrogens with zero attached hydrogens (tertiary/aromatic N) is 1. The van der Waals surface area contributed by atoms with Crippen molar-refractivity contribution in [1.29, 1.82) is 0 Å². The highest BCUT2D eigenvalue weighted by molar-refractivity contribution is 6.32. The lowest BCUT2D eigenvalue weighted by molar-refractivity contribution is -0.152. The van der Waals surface area contributed by atoms with E-state index in [9.17, 15) is 9.59 Å². The van der Waals surface area contributed by atoms with Gasteiger partial charge in [0.15, 0.2) is 0 Å². The number of carbonyl (C=O) groups excluding carboxylic acids is 2. The average molecular weight is 236 g/mol. The third kappa shape index (κ3) is 3.55. The van der Waals surface area contributed by atoms with Crippen molar-refractivity contribution in [3.05, 3.63) is 30.1 Å². The number of nitrogens with one attached hydrogen (secondary N) is 1. The number of amides is 1. The Hall–Kier alpha value is -1.91. The van der Waals surface area contributed by atoms with Gasteiger partial charge in [0.1, 0.15) is 0 Å². The molecule has 5 heteroatoms. The predicted octanol–water partition coefficient (Wildman–Crippen LogP) is 0.648. The largest absolute Gasteiger partial charge is 0.462 e. The Morgan fingerprint density at radius 1 is 1.35 bits per heavy atom. The monoisotopic (exact) mass is 236 g/mol. The molecule has 0 saturated heterocycles. The zero-order chi connectivity index (χ0) is 12.9. The van der Waals surface area contributed by atoms with Crippen LogP contribution >= 0.6 is 0 Å². The molecule has 0 aliphatic heterocycles. The molecule has 0 fully saturated rings. The second-order valence-corrected chi connectivity index (χ2v) is 4.29. The molecule has 1 amide bonds. The zero-order valence-electron chi connectivity index (χ0n) is 10.2. The molecule has 0 saturated carbocycles. The fourth-order valence-electron chi connectivity index (χ4n) is 1.37. The van der Waals surface area contributed by atoms with Crippen LogP contribution in [-0.2, 0) is 19.7 Å². The SMILES string of the molecule is COC(=O)C(=O)NCC(C)(C)c1ccncc1. The van der Waals surface area contributed by atoms with Gasteiger partial charge in [-0.15, -0.1) is 0 Å². The summed E-state index contributed by atoms with van der Waals surface area (Å²) >= 11 is 0. The third-order valence-electron chi connectivity index (χ3n) is 2.52. The molecule has 92 valence electrons. The van der Waals surface area contributed by atoms with Crippen molar-refractivity contribution in [2.45, 2.75) is 19.3 Å². The summed E-state index contributed by atoms with van der Waals surface area (Å²) < 4.78 is 4.32. The van der Waals surface area contributed by atoms with E-state index < -0.39 is 11.9 Å². The van der Waals surface area contributed by atoms with Crippen molar-refractivity contribution < 1.29 is 14.3 Å². The number of hydrogen-bond donors (Lipinski definition) is 1. The first-order chi connectivity index (χ1) is 7.97. The summed E-state index contributed by atoms with van der Waals surface area (Å²) in [5, 5.41) is 2.54. The van der Waals surface area contributed by atoms with Crippen LogP contribution in [0, 0.1) is 0 Å². The number of carbonyl (C=O) groups is 2. The lowest BCUT2D eigenvalue weighted by atomic mass is 9.85. The summed E-state index contributed by atoms with van der Waals surface area (Å²) in [5.41, 5.74) is 0.768. The maximum Gasteiger partial charge on any atom is 0.396 e. The number of esters is 1. The van der Waals surface area contributed by atoms with Gasteiger partial charge in [-0.1, -0.05) is 13.8 Å². The molecule has 0 aliphatic rings. The Bertz CT molecular complexity index is 401. The van der Waals surface area contributed by atoms with Crippen molar-refractivity contribution in [3.8, 4) is 0 Å². The summed E-state index contributed by atoms with van der Waals surface area (Å²) in [4.78, 5) is 26.1. The predicted molar refractivity (Wildman–Crippen MR) is 62.3 cm³/mol. The summed E-state index contributed by atoms with van der Waals surface area (Å²) in [6.07, 6.45) is 3.39. The van der Waals surface area contributed by atoms with Crippen LogP contribution in [0.5, 0.6) is 0 Å². The smallest absolute Gasteiger partial charge is 0.396 e. The first-order valence-electron chi connectivity index (χ1n) is 5.24. The Morgan fingerprint density at radius 3 is 2.47 bits per heavy atom. The van der Waals surface area contributed by atoms with Crippen LogP contribution in [0.2, 0.25) is 0 Å². The maximum absolute atomic E-state index is 11.3. The number of methoxy groups -OCH3 is 1. The van der Waals surface area contributed by atoms with Gasteiger partial charge in [0.05, 0.1) is 7.11 Å². The molecule has 1 aromatic heterocycles. The van der Waals surface area contributed by atoms with Crippen LogP contribution in [0.15, 0.2) is 24.5 Å². The lowest BCUT2D eigenvalue weighted by Crippen LogP contribution is -2.40. The van der Waals surface area contributed by atoms with E-state index in [1.807, 2.05) is 26.0 Å². The van der Waals surface area contributed by atoms with Crippen LogP contribution in [0.1, 0.15) is 19.4 Å². The number of hydrogen-bond acceptors (Lipinski definition) is 4. The molecule has 17 heavy (non-hydrogen) atoms. The second kappa shape index (κ2) is 5.43. The van der Waals surface area contributed by atoms with E-state index in [2.05, 4.69) is 15.0 Å². The molecule has 0 bridgehead atoms. The van der Waals surface area contributed by atoms with Gasteiger partial charge in [-0.2, -0.15) is 0 Å². The van der Waals surface area contributed by atoms with Gasteiger partial charge in [-0.05, 0) is 17.7 Å². The van der Waals surface area contributed by atoms with Gasteiger partial charge >= 0.3 is 11.9 Å². The highest BCUT2D eigenvalue weighted by Crippen LogP contribution is 2.20. The Kier molecular flexibility index (Phi) is 4.20. The molecule has 1 aromatic rings. The van der Waals surface area contributed by atoms with E-state index >= 15 is 0 Å². The molecule has 1 rings (SSSR count). The lowest BCUT2D eigenvalue weighted by Gasteiger charge is -2.25. The van der Waals surface area contributed by atoms with E-state index in [-0.39, 0.29) is 5.41 Å². The van der Waals surface area contributed by atoms with E-state index in [1.54, 1.807) is 12.4 Å². The van der Waals surface area contributed by atoms with Crippen LogP contribution < -0.4 is 5.32 Å². The summed E-state index contributed by atoms with van der Waals surface area (Å²) in [6.45, 7) is 4.30. The summed E-state index contributed by atoms with van der Waals surface area (Å²) in [7, 11) is 1.18. The molecular formula is C12H16N2O3. The van der Waals surface area contributed by atoms with Gasteiger partial charge in [-0.3, -0.25) is 9.78 Å². The molecule has 0 spiro atoms. The van der Waals surface area contributed by atoms with Crippen molar-refractivity contribution in [1.82, 2.24) is 10.3 Å². The summed E-state index contributed by atoms with van der Waals surface area (Å²) in [5.74, 6) is -1.61. The molecule has 0 aliphatic carbocycles. The number of pyridine rings is 1. The molecule has 5 nitrogen and oxygen atoms in total. The minimum Gasteiger partial charge on any atom is -0.462 e. The first kappa shape index (κ1) is 13.2. The normalized spacial score (nSPS) is 10.8. The Balaban J connectivity index is 2.62. The minimum absolute atomic E-state index is 0.271. The van der Waals surface area contributed by atoms with E-state index in [1.165, 1.54) is 7.11 Å². The fraction of sp³-hybridized carbons (Fsp3) is 0.417. The van der Waals surface area contributed by atoms with Gasteiger partial charge in [-0.25, -0.2) is 4.79 Å². The van der Waals surface area contributed by atoms with Crippen molar-refractivity contribution in [2.24, 2.45) is 0 Å². The second-order valence-electron chi connectivity index (χ2n) is 4.29. The van der Waals surface area contributed by atoms with Crippen molar-refractivity contribution in [2.75, 3.05) is 13.7 Å². The topological polar surface area (TPSA) is 68.3 Å². The minimum atomic E-state index is -0.879. The molecule has 0 unspecified atom stereocenters. The number of rotatable bonds is 3. The molecule has 1 N–H and O–H groups in total. The van der Waals surface area contributed by atoms with Crippen LogP contribution in [-0.4, -0.2) is 30.5 Å². The zero-order valence-corrected chi connectivity index (χ0v) is 10.2. The van der Waals surface area contributed by atoms with Crippen LogP contribution in [0.4, 0.5) is 0 Å². The Labute approximate surface area is 100 Å². The highest BCUT2D eigenvalue weighted by Gasteiger charge is 2.23. The average Bonchev–Trinajstić information content (AvgIpc) is 2.36. The fourth-order valence-corrected chi connectivity index (χ4v) is 1.37.